The quantitative estimate of drug-likeness (QED) is 0.616. The molecule has 0 fully saturated rings. The Bertz CT molecular complexity index is 1270. The van der Waals surface area contributed by atoms with Gasteiger partial charge in [-0.3, -0.25) is 9.48 Å². The van der Waals surface area contributed by atoms with Crippen LogP contribution in [0, 0.1) is 0 Å². The summed E-state index contributed by atoms with van der Waals surface area (Å²) in [5.74, 6) is 0.973. The molecule has 31 heavy (non-hydrogen) atoms. The molecule has 4 rings (SSSR count). The molecule has 0 saturated carbocycles. The van der Waals surface area contributed by atoms with Gasteiger partial charge in [0.2, 0.25) is 5.91 Å². The van der Waals surface area contributed by atoms with Gasteiger partial charge in [-0.15, -0.1) is 0 Å². The summed E-state index contributed by atoms with van der Waals surface area (Å²) in [5, 5.41) is 10.2. The molecule has 0 aliphatic carbocycles. The Hall–Kier alpha value is -3.47. The summed E-state index contributed by atoms with van der Waals surface area (Å²) >= 11 is 0. The maximum absolute atomic E-state index is 12.2. The number of carbonyl (C=O) groups excluding carboxylic acids is 1. The summed E-state index contributed by atoms with van der Waals surface area (Å²) in [6.45, 7) is 1.91. The van der Waals surface area contributed by atoms with E-state index in [4.69, 9.17) is 4.74 Å². The van der Waals surface area contributed by atoms with Crippen molar-refractivity contribution in [3.8, 4) is 17.0 Å². The first-order valence-electron chi connectivity index (χ1n) is 9.62. The molecule has 3 aromatic heterocycles. The smallest absolute Gasteiger partial charge is 0.222 e. The standard InChI is InChI=1S/C20H22N6O4S/c1-12(27)22-18-9-16(14(11-21-18)15-6-7-26(2)25-15)23-20-13-5-4-8-30-17(13)10-19(24-20)31(3,28)29/h6-7,9-11H,4-5,8H2,1-3H3,(H2,21,22,23,24,27). The van der Waals surface area contributed by atoms with Crippen LogP contribution in [-0.2, 0) is 28.1 Å². The Labute approximate surface area is 179 Å². The predicted octanol–water partition coefficient (Wildman–Crippen LogP) is 2.31. The molecule has 162 valence electrons. The Morgan fingerprint density at radius 2 is 2.10 bits per heavy atom. The van der Waals surface area contributed by atoms with E-state index in [0.29, 0.717) is 47.4 Å². The number of nitrogens with zero attached hydrogens (tertiary/aromatic N) is 4. The Kier molecular flexibility index (Phi) is 5.36. The number of aromatic nitrogens is 4. The second-order valence-electron chi connectivity index (χ2n) is 7.31. The lowest BCUT2D eigenvalue weighted by Crippen LogP contribution is -2.14. The Balaban J connectivity index is 1.85. The highest BCUT2D eigenvalue weighted by Gasteiger charge is 2.22. The van der Waals surface area contributed by atoms with Gasteiger partial charge in [-0.05, 0) is 18.9 Å². The van der Waals surface area contributed by atoms with Crippen LogP contribution in [0.1, 0.15) is 18.9 Å². The topological polar surface area (TPSA) is 128 Å². The van der Waals surface area contributed by atoms with E-state index < -0.39 is 9.84 Å². The highest BCUT2D eigenvalue weighted by atomic mass is 32.2. The van der Waals surface area contributed by atoms with E-state index in [1.54, 1.807) is 30.2 Å². The number of nitrogens with one attached hydrogen (secondary N) is 2. The number of amides is 1. The zero-order valence-electron chi connectivity index (χ0n) is 17.3. The van der Waals surface area contributed by atoms with E-state index in [0.717, 1.165) is 18.2 Å². The van der Waals surface area contributed by atoms with Gasteiger partial charge in [-0.2, -0.15) is 5.10 Å². The van der Waals surface area contributed by atoms with Crippen LogP contribution in [0.4, 0.5) is 17.3 Å². The molecule has 1 aliphatic heterocycles. The molecule has 0 unspecified atom stereocenters. The van der Waals surface area contributed by atoms with Crippen LogP contribution in [0.15, 0.2) is 35.6 Å². The summed E-state index contributed by atoms with van der Waals surface area (Å²) in [7, 11) is -1.74. The molecule has 0 bridgehead atoms. The minimum absolute atomic E-state index is 0.0776. The highest BCUT2D eigenvalue weighted by molar-refractivity contribution is 7.90. The van der Waals surface area contributed by atoms with Crippen molar-refractivity contribution >= 4 is 33.1 Å². The third-order valence-electron chi connectivity index (χ3n) is 4.72. The number of hydrogen-bond donors (Lipinski definition) is 2. The summed E-state index contributed by atoms with van der Waals surface area (Å²) < 4.78 is 31.7. The largest absolute Gasteiger partial charge is 0.493 e. The maximum atomic E-state index is 12.2. The van der Waals surface area contributed by atoms with E-state index in [1.165, 1.54) is 13.0 Å². The van der Waals surface area contributed by atoms with Crippen molar-refractivity contribution in [1.82, 2.24) is 19.7 Å². The number of carbonyl (C=O) groups is 1. The predicted molar refractivity (Wildman–Crippen MR) is 115 cm³/mol. The third kappa shape index (κ3) is 4.50. The van der Waals surface area contributed by atoms with E-state index in [2.05, 4.69) is 25.7 Å². The molecule has 1 aliphatic rings. The molecule has 0 spiro atoms. The lowest BCUT2D eigenvalue weighted by molar-refractivity contribution is -0.114. The molecular formula is C20H22N6O4S. The molecule has 0 atom stereocenters. The van der Waals surface area contributed by atoms with Gasteiger partial charge >= 0.3 is 0 Å². The number of fused-ring (bicyclic) bond motifs is 1. The fourth-order valence-corrected chi connectivity index (χ4v) is 3.90. The van der Waals surface area contributed by atoms with Crippen LogP contribution >= 0.6 is 0 Å². The van der Waals surface area contributed by atoms with Crippen molar-refractivity contribution in [3.05, 3.63) is 36.2 Å². The molecule has 11 heteroatoms. The van der Waals surface area contributed by atoms with Gasteiger partial charge in [0, 0.05) is 55.9 Å². The molecule has 0 aromatic carbocycles. The molecule has 3 aromatic rings. The Morgan fingerprint density at radius 1 is 1.29 bits per heavy atom. The summed E-state index contributed by atoms with van der Waals surface area (Å²) in [6.07, 6.45) is 5.99. The van der Waals surface area contributed by atoms with Crippen molar-refractivity contribution in [2.75, 3.05) is 23.5 Å². The second-order valence-corrected chi connectivity index (χ2v) is 9.27. The third-order valence-corrected chi connectivity index (χ3v) is 5.69. The fraction of sp³-hybridized carbons (Fsp3) is 0.300. The number of sulfone groups is 1. The first-order valence-corrected chi connectivity index (χ1v) is 11.5. The number of ether oxygens (including phenoxy) is 1. The van der Waals surface area contributed by atoms with Crippen LogP contribution in [0.25, 0.3) is 11.3 Å². The Morgan fingerprint density at radius 3 is 2.77 bits per heavy atom. The fourth-order valence-electron chi connectivity index (χ4n) is 3.32. The molecule has 10 nitrogen and oxygen atoms in total. The lowest BCUT2D eigenvalue weighted by Gasteiger charge is -2.22. The van der Waals surface area contributed by atoms with E-state index in [-0.39, 0.29) is 10.9 Å². The molecular weight excluding hydrogens is 420 g/mol. The number of rotatable bonds is 5. The average Bonchev–Trinajstić information content (AvgIpc) is 3.13. The SMILES string of the molecule is CC(=O)Nc1cc(Nc2nc(S(C)(=O)=O)cc3c2CCCO3)c(-c2ccn(C)n2)cn1. The van der Waals surface area contributed by atoms with Gasteiger partial charge in [0.25, 0.3) is 0 Å². The molecule has 0 radical (unpaired) electrons. The van der Waals surface area contributed by atoms with Gasteiger partial charge in [0.15, 0.2) is 14.9 Å². The average molecular weight is 443 g/mol. The van der Waals surface area contributed by atoms with Crippen molar-refractivity contribution in [1.29, 1.82) is 0 Å². The van der Waals surface area contributed by atoms with E-state index in [9.17, 15) is 13.2 Å². The number of pyridine rings is 2. The zero-order valence-corrected chi connectivity index (χ0v) is 18.2. The van der Waals surface area contributed by atoms with Gasteiger partial charge in [0.05, 0.1) is 18.0 Å². The van der Waals surface area contributed by atoms with Crippen molar-refractivity contribution in [3.63, 3.8) is 0 Å². The molecule has 2 N–H and O–H groups in total. The first kappa shape index (κ1) is 20.8. The van der Waals surface area contributed by atoms with Gasteiger partial charge < -0.3 is 15.4 Å². The van der Waals surface area contributed by atoms with Crippen molar-refractivity contribution in [2.24, 2.45) is 7.05 Å². The van der Waals surface area contributed by atoms with Crippen molar-refractivity contribution in [2.45, 2.75) is 24.8 Å². The monoisotopic (exact) mass is 442 g/mol. The van der Waals surface area contributed by atoms with Crippen LogP contribution in [0.3, 0.4) is 0 Å². The number of aryl methyl sites for hydroxylation is 1. The summed E-state index contributed by atoms with van der Waals surface area (Å²) in [4.78, 5) is 20.2. The molecule has 0 saturated heterocycles. The van der Waals surface area contributed by atoms with Crippen LogP contribution in [0.5, 0.6) is 5.75 Å². The molecule has 1 amide bonds. The van der Waals surface area contributed by atoms with Gasteiger partial charge in [-0.25, -0.2) is 18.4 Å². The van der Waals surface area contributed by atoms with Crippen LogP contribution in [-0.4, -0.2) is 46.9 Å². The maximum Gasteiger partial charge on any atom is 0.222 e. The van der Waals surface area contributed by atoms with Crippen LogP contribution in [0.2, 0.25) is 0 Å². The lowest BCUT2D eigenvalue weighted by atomic mass is 10.1. The van der Waals surface area contributed by atoms with E-state index in [1.807, 2.05) is 6.07 Å². The minimum atomic E-state index is -3.55. The minimum Gasteiger partial charge on any atom is -0.493 e. The molecule has 4 heterocycles. The van der Waals surface area contributed by atoms with Gasteiger partial charge in [0.1, 0.15) is 17.4 Å². The number of hydrogen-bond acceptors (Lipinski definition) is 8. The second kappa shape index (κ2) is 7.99. The normalized spacial score (nSPS) is 13.3. The van der Waals surface area contributed by atoms with Gasteiger partial charge in [-0.1, -0.05) is 0 Å². The summed E-state index contributed by atoms with van der Waals surface area (Å²) in [5.41, 5.74) is 2.70. The zero-order chi connectivity index (χ0) is 22.2. The van der Waals surface area contributed by atoms with Crippen LogP contribution < -0.4 is 15.4 Å². The summed E-state index contributed by atoms with van der Waals surface area (Å²) in [6, 6.07) is 4.96. The first-order chi connectivity index (χ1) is 14.7. The van der Waals surface area contributed by atoms with E-state index >= 15 is 0 Å². The highest BCUT2D eigenvalue weighted by Crippen LogP contribution is 2.36. The van der Waals surface area contributed by atoms with Crippen molar-refractivity contribution < 1.29 is 17.9 Å². The number of anilines is 3.